The van der Waals surface area contributed by atoms with Crippen molar-refractivity contribution >= 4 is 0 Å². The molecule has 2 bridgehead atoms. The van der Waals surface area contributed by atoms with Crippen molar-refractivity contribution in [2.75, 3.05) is 0 Å². The van der Waals surface area contributed by atoms with Crippen LogP contribution in [0.1, 0.15) is 33.6 Å². The maximum absolute atomic E-state index is 10.4. The zero-order chi connectivity index (χ0) is 11.4. The molecule has 2 heteroatoms. The second-order valence-corrected chi connectivity index (χ2v) is 6.03. The largest absolute Gasteiger partial charge is 0.392 e. The minimum atomic E-state index is -0.564. The van der Waals surface area contributed by atoms with Crippen LogP contribution in [0.25, 0.3) is 0 Å². The van der Waals surface area contributed by atoms with Crippen molar-refractivity contribution in [2.24, 2.45) is 22.7 Å². The van der Waals surface area contributed by atoms with E-state index < -0.39 is 6.10 Å². The number of hydrogen-bond acceptors (Lipinski definition) is 2. The Morgan fingerprint density at radius 3 is 2.40 bits per heavy atom. The molecule has 0 amide bonds. The Labute approximate surface area is 92.0 Å². The lowest BCUT2D eigenvalue weighted by Gasteiger charge is -2.37. The highest BCUT2D eigenvalue weighted by Gasteiger charge is 2.66. The van der Waals surface area contributed by atoms with E-state index in [1.807, 2.05) is 0 Å². The van der Waals surface area contributed by atoms with Gasteiger partial charge in [0, 0.05) is 5.92 Å². The molecule has 15 heavy (non-hydrogen) atoms. The summed E-state index contributed by atoms with van der Waals surface area (Å²) in [6, 6.07) is 0. The molecule has 2 rings (SSSR count). The minimum absolute atomic E-state index is 0.0174. The van der Waals surface area contributed by atoms with Crippen molar-refractivity contribution in [1.29, 1.82) is 0 Å². The van der Waals surface area contributed by atoms with Crippen molar-refractivity contribution < 1.29 is 10.2 Å². The standard InChI is InChI=1S/C13H22O2/c1-5-9(14)10-8-6-7-13(4,11(10)15)12(8,2)3/h5,8-11,14-15H,1,6-7H2,2-4H3/t8-,9+,10+,11?,13+/m1/s1. The zero-order valence-electron chi connectivity index (χ0n) is 9.90. The molecule has 86 valence electrons. The summed E-state index contributed by atoms with van der Waals surface area (Å²) in [5.74, 6) is 0.404. The number of aliphatic hydroxyl groups excluding tert-OH is 2. The third kappa shape index (κ3) is 1.12. The van der Waals surface area contributed by atoms with Gasteiger partial charge in [0.1, 0.15) is 0 Å². The maximum Gasteiger partial charge on any atom is 0.0774 e. The molecule has 0 heterocycles. The summed E-state index contributed by atoms with van der Waals surface area (Å²) in [6.45, 7) is 10.2. The topological polar surface area (TPSA) is 40.5 Å². The van der Waals surface area contributed by atoms with Crippen molar-refractivity contribution in [1.82, 2.24) is 0 Å². The van der Waals surface area contributed by atoms with Crippen LogP contribution in [0, 0.1) is 22.7 Å². The molecule has 0 radical (unpaired) electrons. The average Bonchev–Trinajstić information content (AvgIpc) is 2.48. The van der Waals surface area contributed by atoms with Crippen LogP contribution in [0.5, 0.6) is 0 Å². The van der Waals surface area contributed by atoms with Gasteiger partial charge in [-0.2, -0.15) is 0 Å². The lowest BCUT2D eigenvalue weighted by Crippen LogP contribution is -2.40. The first kappa shape index (κ1) is 11.2. The quantitative estimate of drug-likeness (QED) is 0.684. The van der Waals surface area contributed by atoms with Gasteiger partial charge in [-0.3, -0.25) is 0 Å². The second kappa shape index (κ2) is 3.08. The third-order valence-corrected chi connectivity index (χ3v) is 5.49. The molecule has 2 N–H and O–H groups in total. The van der Waals surface area contributed by atoms with Crippen LogP contribution in [0.15, 0.2) is 12.7 Å². The highest BCUT2D eigenvalue weighted by atomic mass is 16.3. The fourth-order valence-electron chi connectivity index (χ4n) is 3.99. The molecule has 0 spiro atoms. The van der Waals surface area contributed by atoms with E-state index in [0.29, 0.717) is 5.92 Å². The highest BCUT2D eigenvalue weighted by molar-refractivity contribution is 5.16. The van der Waals surface area contributed by atoms with E-state index in [1.165, 1.54) is 0 Å². The van der Waals surface area contributed by atoms with Gasteiger partial charge in [-0.25, -0.2) is 0 Å². The van der Waals surface area contributed by atoms with Gasteiger partial charge in [0.2, 0.25) is 0 Å². The van der Waals surface area contributed by atoms with Crippen LogP contribution in [0.2, 0.25) is 0 Å². The number of aliphatic hydroxyl groups is 2. The van der Waals surface area contributed by atoms with E-state index in [4.69, 9.17) is 0 Å². The molecule has 0 saturated heterocycles. The summed E-state index contributed by atoms with van der Waals surface area (Å²) in [5, 5.41) is 20.3. The molecule has 0 aliphatic heterocycles. The average molecular weight is 210 g/mol. The monoisotopic (exact) mass is 210 g/mol. The Bertz CT molecular complexity index is 284. The summed E-state index contributed by atoms with van der Waals surface area (Å²) >= 11 is 0. The molecule has 0 aromatic rings. The first-order valence-corrected chi connectivity index (χ1v) is 5.85. The van der Waals surface area contributed by atoms with Gasteiger partial charge < -0.3 is 10.2 Å². The number of fused-ring (bicyclic) bond motifs is 2. The van der Waals surface area contributed by atoms with Crippen molar-refractivity contribution in [2.45, 2.75) is 45.8 Å². The van der Waals surface area contributed by atoms with Gasteiger partial charge >= 0.3 is 0 Å². The van der Waals surface area contributed by atoms with Crippen LogP contribution in [-0.2, 0) is 0 Å². The molecule has 2 aliphatic rings. The van der Waals surface area contributed by atoms with E-state index in [2.05, 4.69) is 27.4 Å². The predicted molar refractivity (Wildman–Crippen MR) is 60.3 cm³/mol. The SMILES string of the molecule is C=C[C@H](O)[C@H]1C(O)[C@]2(C)CC[C@H]1C2(C)C. The Morgan fingerprint density at radius 1 is 1.40 bits per heavy atom. The van der Waals surface area contributed by atoms with Crippen molar-refractivity contribution in [3.8, 4) is 0 Å². The first-order valence-electron chi connectivity index (χ1n) is 5.85. The first-order chi connectivity index (χ1) is 6.86. The molecule has 5 atom stereocenters. The number of hydrogen-bond donors (Lipinski definition) is 2. The predicted octanol–water partition coefficient (Wildman–Crippen LogP) is 1.97. The Hall–Kier alpha value is -0.340. The van der Waals surface area contributed by atoms with Gasteiger partial charge in [0.25, 0.3) is 0 Å². The van der Waals surface area contributed by atoms with Gasteiger partial charge in [0.05, 0.1) is 12.2 Å². The Balaban J connectivity index is 2.37. The summed E-state index contributed by atoms with van der Waals surface area (Å²) in [6.07, 6.45) is 2.81. The van der Waals surface area contributed by atoms with E-state index in [9.17, 15) is 10.2 Å². The molecule has 2 fully saturated rings. The molecule has 1 unspecified atom stereocenters. The molecular weight excluding hydrogens is 188 g/mol. The lowest BCUT2D eigenvalue weighted by atomic mass is 9.70. The molecule has 0 aromatic heterocycles. The van der Waals surface area contributed by atoms with Gasteiger partial charge in [0.15, 0.2) is 0 Å². The van der Waals surface area contributed by atoms with Gasteiger partial charge in [-0.15, -0.1) is 6.58 Å². The van der Waals surface area contributed by atoms with E-state index >= 15 is 0 Å². The Morgan fingerprint density at radius 2 is 2.00 bits per heavy atom. The van der Waals surface area contributed by atoms with Gasteiger partial charge in [-0.1, -0.05) is 26.8 Å². The van der Waals surface area contributed by atoms with Crippen LogP contribution in [0.4, 0.5) is 0 Å². The lowest BCUT2D eigenvalue weighted by molar-refractivity contribution is -0.0383. The number of rotatable bonds is 2. The smallest absolute Gasteiger partial charge is 0.0774 e. The summed E-state index contributed by atoms with van der Waals surface area (Å²) in [4.78, 5) is 0. The van der Waals surface area contributed by atoms with Crippen molar-refractivity contribution in [3.63, 3.8) is 0 Å². The molecule has 2 nitrogen and oxygen atoms in total. The van der Waals surface area contributed by atoms with Crippen LogP contribution in [0.3, 0.4) is 0 Å². The van der Waals surface area contributed by atoms with E-state index in [0.717, 1.165) is 12.8 Å². The summed E-state index contributed by atoms with van der Waals surface area (Å²) in [5.41, 5.74) is 0.0907. The summed E-state index contributed by atoms with van der Waals surface area (Å²) in [7, 11) is 0. The van der Waals surface area contributed by atoms with E-state index in [1.54, 1.807) is 6.08 Å². The normalized spacial score (nSPS) is 49.3. The van der Waals surface area contributed by atoms with Crippen LogP contribution >= 0.6 is 0 Å². The fourth-order valence-corrected chi connectivity index (χ4v) is 3.99. The zero-order valence-corrected chi connectivity index (χ0v) is 9.90. The summed E-state index contributed by atoms with van der Waals surface area (Å²) < 4.78 is 0. The Kier molecular flexibility index (Phi) is 2.29. The minimum Gasteiger partial charge on any atom is -0.392 e. The van der Waals surface area contributed by atoms with Crippen molar-refractivity contribution in [3.05, 3.63) is 12.7 Å². The van der Waals surface area contributed by atoms with Crippen LogP contribution < -0.4 is 0 Å². The van der Waals surface area contributed by atoms with Gasteiger partial charge in [-0.05, 0) is 29.6 Å². The third-order valence-electron chi connectivity index (χ3n) is 5.49. The maximum atomic E-state index is 10.4. The fraction of sp³-hybridized carbons (Fsp3) is 0.846. The molecule has 0 aromatic carbocycles. The van der Waals surface area contributed by atoms with Crippen LogP contribution in [-0.4, -0.2) is 22.4 Å². The second-order valence-electron chi connectivity index (χ2n) is 6.03. The highest BCUT2D eigenvalue weighted by Crippen LogP contribution is 2.68. The molecular formula is C13H22O2. The molecule has 2 aliphatic carbocycles. The molecule has 2 saturated carbocycles. The van der Waals surface area contributed by atoms with E-state index in [-0.39, 0.29) is 22.9 Å².